The summed E-state index contributed by atoms with van der Waals surface area (Å²) in [4.78, 5) is 2.48. The Balaban J connectivity index is 1.43. The van der Waals surface area contributed by atoms with Gasteiger partial charge in [-0.25, -0.2) is 4.68 Å². The summed E-state index contributed by atoms with van der Waals surface area (Å²) in [6.07, 6.45) is 10.9. The highest BCUT2D eigenvalue weighted by molar-refractivity contribution is 6.34. The Morgan fingerprint density at radius 1 is 1.08 bits per heavy atom. The molecule has 0 radical (unpaired) electrons. The van der Waals surface area contributed by atoms with Gasteiger partial charge in [0.25, 0.3) is 0 Å². The average Bonchev–Trinajstić information content (AvgIpc) is 3.20. The van der Waals surface area contributed by atoms with Crippen LogP contribution in [0.1, 0.15) is 31.7 Å². The molecule has 2 aliphatic carbocycles. The van der Waals surface area contributed by atoms with Gasteiger partial charge in [-0.1, -0.05) is 11.6 Å². The van der Waals surface area contributed by atoms with Crippen LogP contribution >= 0.6 is 11.6 Å². The van der Waals surface area contributed by atoms with Crippen LogP contribution in [0.3, 0.4) is 0 Å². The molecule has 26 heavy (non-hydrogen) atoms. The Morgan fingerprint density at radius 2 is 2.00 bits per heavy atom. The summed E-state index contributed by atoms with van der Waals surface area (Å²) in [5.41, 5.74) is 3.24. The number of hydrogen-bond acceptors (Lipinski definition) is 4. The fourth-order valence-electron chi connectivity index (χ4n) is 4.37. The molecule has 6 rings (SSSR count). The molecule has 0 amide bonds. The molecule has 0 unspecified atom stereocenters. The van der Waals surface area contributed by atoms with Crippen LogP contribution < -0.4 is 10.2 Å². The third-order valence-corrected chi connectivity index (χ3v) is 6.40. The van der Waals surface area contributed by atoms with Crippen LogP contribution in [-0.4, -0.2) is 44.7 Å². The van der Waals surface area contributed by atoms with E-state index in [9.17, 15) is 0 Å². The number of aromatic nitrogens is 4. The van der Waals surface area contributed by atoms with Gasteiger partial charge in [0.2, 0.25) is 0 Å². The van der Waals surface area contributed by atoms with Gasteiger partial charge in [0, 0.05) is 30.6 Å². The van der Waals surface area contributed by atoms with E-state index in [1.807, 2.05) is 17.1 Å². The molecule has 0 spiro atoms. The maximum atomic E-state index is 6.67. The summed E-state index contributed by atoms with van der Waals surface area (Å²) >= 11 is 6.67. The van der Waals surface area contributed by atoms with Crippen molar-refractivity contribution in [3.63, 3.8) is 0 Å². The van der Waals surface area contributed by atoms with Crippen molar-refractivity contribution in [1.29, 1.82) is 0 Å². The lowest BCUT2D eigenvalue weighted by Crippen LogP contribution is -2.63. The van der Waals surface area contributed by atoms with Crippen molar-refractivity contribution >= 4 is 28.2 Å². The van der Waals surface area contributed by atoms with E-state index in [4.69, 9.17) is 11.6 Å². The highest BCUT2D eigenvalue weighted by Crippen LogP contribution is 2.39. The number of benzene rings is 1. The van der Waals surface area contributed by atoms with Crippen LogP contribution in [0.4, 0.5) is 5.69 Å². The maximum Gasteiger partial charge on any atom is 0.103 e. The topological polar surface area (TPSA) is 50.9 Å². The van der Waals surface area contributed by atoms with Crippen molar-refractivity contribution in [2.75, 3.05) is 18.0 Å². The molecule has 2 aromatic heterocycles. The summed E-state index contributed by atoms with van der Waals surface area (Å²) in [5.74, 6) is 0. The summed E-state index contributed by atoms with van der Waals surface area (Å²) in [7, 11) is 0. The van der Waals surface area contributed by atoms with Gasteiger partial charge < -0.3 is 10.2 Å². The summed E-state index contributed by atoms with van der Waals surface area (Å²) in [6, 6.07) is 6.01. The Kier molecular flexibility index (Phi) is 3.17. The molecule has 0 bridgehead atoms. The molecule has 3 aliphatic rings. The third kappa shape index (κ3) is 2.21. The molecule has 134 valence electrons. The lowest BCUT2D eigenvalue weighted by molar-refractivity contribution is 0.241. The zero-order valence-corrected chi connectivity index (χ0v) is 15.2. The van der Waals surface area contributed by atoms with Gasteiger partial charge in [-0.3, -0.25) is 4.68 Å². The Morgan fingerprint density at radius 3 is 2.81 bits per heavy atom. The van der Waals surface area contributed by atoms with Crippen molar-refractivity contribution in [2.24, 2.45) is 0 Å². The molecule has 3 heterocycles. The number of halogens is 1. The van der Waals surface area contributed by atoms with E-state index in [1.165, 1.54) is 25.7 Å². The average molecular weight is 369 g/mol. The number of nitrogens with one attached hydrogen (secondary N) is 1. The van der Waals surface area contributed by atoms with Gasteiger partial charge in [-0.05, 0) is 37.8 Å². The van der Waals surface area contributed by atoms with Gasteiger partial charge in [0.15, 0.2) is 0 Å². The Labute approximate surface area is 156 Å². The van der Waals surface area contributed by atoms with Gasteiger partial charge in [-0.15, -0.1) is 0 Å². The van der Waals surface area contributed by atoms with E-state index in [0.717, 1.165) is 40.4 Å². The quantitative estimate of drug-likeness (QED) is 0.771. The summed E-state index contributed by atoms with van der Waals surface area (Å²) < 4.78 is 4.05. The van der Waals surface area contributed by atoms with E-state index in [1.54, 1.807) is 0 Å². The number of fused-ring (bicyclic) bond motifs is 2. The van der Waals surface area contributed by atoms with Crippen molar-refractivity contribution in [3.05, 3.63) is 35.7 Å². The molecule has 3 fully saturated rings. The van der Waals surface area contributed by atoms with Crippen molar-refractivity contribution in [2.45, 2.75) is 43.8 Å². The van der Waals surface area contributed by atoms with E-state index >= 15 is 0 Å². The van der Waals surface area contributed by atoms with Gasteiger partial charge in [0.1, 0.15) is 5.69 Å². The van der Waals surface area contributed by atoms with Crippen molar-refractivity contribution in [3.8, 4) is 5.69 Å². The third-order valence-electron chi connectivity index (χ3n) is 6.10. The van der Waals surface area contributed by atoms with Crippen LogP contribution in [0.15, 0.2) is 30.7 Å². The predicted molar refractivity (Wildman–Crippen MR) is 102 cm³/mol. The molecule has 1 N–H and O–H groups in total. The zero-order valence-electron chi connectivity index (χ0n) is 14.5. The molecule has 2 saturated carbocycles. The van der Waals surface area contributed by atoms with E-state index in [2.05, 4.69) is 43.4 Å². The Bertz CT molecular complexity index is 987. The van der Waals surface area contributed by atoms with Gasteiger partial charge in [0.05, 0.1) is 40.9 Å². The molecule has 3 aromatic rings. The molecule has 2 atom stereocenters. The van der Waals surface area contributed by atoms with Gasteiger partial charge in [-0.2, -0.15) is 10.2 Å². The molecular formula is C19H21ClN6. The first-order chi connectivity index (χ1) is 12.8. The van der Waals surface area contributed by atoms with Crippen LogP contribution in [0.5, 0.6) is 0 Å². The number of anilines is 1. The van der Waals surface area contributed by atoms with Crippen LogP contribution in [-0.2, 0) is 0 Å². The number of nitrogens with zero attached hydrogens (tertiary/aromatic N) is 5. The molecule has 6 nitrogen and oxygen atoms in total. The van der Waals surface area contributed by atoms with E-state index < -0.39 is 0 Å². The number of hydrogen-bond donors (Lipinski definition) is 1. The highest BCUT2D eigenvalue weighted by Gasteiger charge is 2.38. The smallest absolute Gasteiger partial charge is 0.103 e. The number of rotatable bonds is 3. The lowest BCUT2D eigenvalue weighted by atomic mass is 9.83. The number of piperazine rings is 1. The summed E-state index contributed by atoms with van der Waals surface area (Å²) in [6.45, 7) is 2.02. The second-order valence-electron chi connectivity index (χ2n) is 7.73. The molecule has 1 saturated heterocycles. The molecular weight excluding hydrogens is 348 g/mol. The van der Waals surface area contributed by atoms with Crippen LogP contribution in [0.2, 0.25) is 5.02 Å². The SMILES string of the molecule is Clc1cc2cnn(-c3cnn(C4CC4)c3)c2cc1N1CCN[C@@H]2CC[C@@H]21. The monoisotopic (exact) mass is 368 g/mol. The Hall–Kier alpha value is -2.05. The van der Waals surface area contributed by atoms with Crippen LogP contribution in [0.25, 0.3) is 16.6 Å². The minimum atomic E-state index is 0.563. The zero-order chi connectivity index (χ0) is 17.3. The summed E-state index contributed by atoms with van der Waals surface area (Å²) in [5, 5.41) is 14.6. The standard InChI is InChI=1S/C19H21ClN6/c20-15-7-12-9-23-26(14-10-22-25(11-14)13-1-2-13)18(12)8-19(15)24-6-5-21-16-3-4-17(16)24/h7-11,13,16-17,21H,1-6H2/t16-,17+/m1/s1. The highest BCUT2D eigenvalue weighted by atomic mass is 35.5. The minimum Gasteiger partial charge on any atom is -0.364 e. The predicted octanol–water partition coefficient (Wildman–Crippen LogP) is 3.15. The van der Waals surface area contributed by atoms with E-state index in [-0.39, 0.29) is 0 Å². The molecule has 1 aliphatic heterocycles. The second-order valence-corrected chi connectivity index (χ2v) is 8.13. The first-order valence-corrected chi connectivity index (χ1v) is 9.87. The normalized spacial score (nSPS) is 25.3. The van der Waals surface area contributed by atoms with Crippen molar-refractivity contribution in [1.82, 2.24) is 24.9 Å². The van der Waals surface area contributed by atoms with E-state index in [0.29, 0.717) is 18.1 Å². The van der Waals surface area contributed by atoms with Crippen LogP contribution in [0, 0.1) is 0 Å². The molecule has 7 heteroatoms. The minimum absolute atomic E-state index is 0.563. The largest absolute Gasteiger partial charge is 0.364 e. The molecule has 1 aromatic carbocycles. The lowest BCUT2D eigenvalue weighted by Gasteiger charge is -2.50. The second kappa shape index (κ2) is 5.47. The van der Waals surface area contributed by atoms with Crippen molar-refractivity contribution < 1.29 is 0 Å². The first-order valence-electron chi connectivity index (χ1n) is 9.50. The fraction of sp³-hybridized carbons (Fsp3) is 0.474. The first kappa shape index (κ1) is 15.1. The van der Waals surface area contributed by atoms with Gasteiger partial charge >= 0.3 is 0 Å². The fourth-order valence-corrected chi connectivity index (χ4v) is 4.65. The maximum absolute atomic E-state index is 6.67.